The third kappa shape index (κ3) is 4.18. The molecule has 0 fully saturated rings. The Labute approximate surface area is 146 Å². The second-order valence-corrected chi connectivity index (χ2v) is 5.65. The average molecular weight is 334 g/mol. The number of phenols is 2. The van der Waals surface area contributed by atoms with Crippen LogP contribution in [0.4, 0.5) is 0 Å². The number of phenolic OH excluding ortho intramolecular Hbond substituents is 2. The van der Waals surface area contributed by atoms with Gasteiger partial charge in [0.15, 0.2) is 11.5 Å². The Kier molecular flexibility index (Phi) is 5.00. The summed E-state index contributed by atoms with van der Waals surface area (Å²) in [7, 11) is 0. The van der Waals surface area contributed by atoms with Crippen molar-refractivity contribution in [2.45, 2.75) is 6.42 Å². The number of esters is 1. The van der Waals surface area contributed by atoms with Crippen molar-refractivity contribution >= 4 is 5.97 Å². The van der Waals surface area contributed by atoms with Gasteiger partial charge in [0.1, 0.15) is 0 Å². The Balaban J connectivity index is 1.57. The van der Waals surface area contributed by atoms with E-state index in [9.17, 15) is 15.0 Å². The highest BCUT2D eigenvalue weighted by molar-refractivity contribution is 5.90. The van der Waals surface area contributed by atoms with Crippen LogP contribution in [0.2, 0.25) is 0 Å². The first-order valence-electron chi connectivity index (χ1n) is 7.97. The van der Waals surface area contributed by atoms with Crippen LogP contribution < -0.4 is 0 Å². The van der Waals surface area contributed by atoms with E-state index in [2.05, 4.69) is 0 Å². The molecule has 0 aliphatic rings. The fourth-order valence-electron chi connectivity index (χ4n) is 2.50. The van der Waals surface area contributed by atoms with Crippen LogP contribution in [0.25, 0.3) is 11.1 Å². The van der Waals surface area contributed by atoms with Crippen LogP contribution in [0.15, 0.2) is 72.8 Å². The third-order valence-corrected chi connectivity index (χ3v) is 3.89. The molecule has 3 aromatic carbocycles. The summed E-state index contributed by atoms with van der Waals surface area (Å²) in [6, 6.07) is 21.8. The van der Waals surface area contributed by atoms with Gasteiger partial charge in [-0.2, -0.15) is 0 Å². The third-order valence-electron chi connectivity index (χ3n) is 3.89. The minimum absolute atomic E-state index is 0.167. The van der Waals surface area contributed by atoms with Crippen molar-refractivity contribution in [2.24, 2.45) is 0 Å². The van der Waals surface area contributed by atoms with Gasteiger partial charge >= 0.3 is 5.97 Å². The summed E-state index contributed by atoms with van der Waals surface area (Å²) < 4.78 is 5.26. The summed E-state index contributed by atoms with van der Waals surface area (Å²) >= 11 is 0. The first-order valence-corrected chi connectivity index (χ1v) is 7.97. The van der Waals surface area contributed by atoms with Gasteiger partial charge in [-0.05, 0) is 41.0 Å². The molecule has 126 valence electrons. The van der Waals surface area contributed by atoms with Crippen LogP contribution >= 0.6 is 0 Å². The number of carbonyl (C=O) groups excluding carboxylic acids is 1. The van der Waals surface area contributed by atoms with Crippen LogP contribution in [-0.2, 0) is 11.2 Å². The van der Waals surface area contributed by atoms with Gasteiger partial charge in [0.2, 0.25) is 0 Å². The molecule has 0 heterocycles. The smallest absolute Gasteiger partial charge is 0.338 e. The molecular weight excluding hydrogens is 316 g/mol. The first-order chi connectivity index (χ1) is 12.1. The molecule has 0 spiro atoms. The molecule has 4 heteroatoms. The number of ether oxygens (including phenoxy) is 1. The maximum absolute atomic E-state index is 12.1. The standard InChI is InChI=1S/C21H18O4/c22-19-11-6-15(14-20(19)23)12-13-25-21(24)18-9-7-17(8-10-18)16-4-2-1-3-5-16/h1-11,14,22-23H,12-13H2. The largest absolute Gasteiger partial charge is 0.504 e. The predicted molar refractivity (Wildman–Crippen MR) is 95.6 cm³/mol. The topological polar surface area (TPSA) is 66.8 Å². The van der Waals surface area contributed by atoms with E-state index in [1.807, 2.05) is 42.5 Å². The second-order valence-electron chi connectivity index (χ2n) is 5.65. The van der Waals surface area contributed by atoms with Crippen molar-refractivity contribution in [1.29, 1.82) is 0 Å². The van der Waals surface area contributed by atoms with Crippen LogP contribution in [0.5, 0.6) is 11.5 Å². The van der Waals surface area contributed by atoms with Gasteiger partial charge in [-0.15, -0.1) is 0 Å². The lowest BCUT2D eigenvalue weighted by atomic mass is 10.0. The Hall–Kier alpha value is -3.27. The maximum atomic E-state index is 12.1. The Morgan fingerprint density at radius 3 is 2.16 bits per heavy atom. The first kappa shape index (κ1) is 16.6. The summed E-state index contributed by atoms with van der Waals surface area (Å²) in [5.41, 5.74) is 3.40. The van der Waals surface area contributed by atoms with Gasteiger partial charge < -0.3 is 14.9 Å². The van der Waals surface area contributed by atoms with E-state index in [-0.39, 0.29) is 24.1 Å². The lowest BCUT2D eigenvalue weighted by molar-refractivity contribution is 0.0509. The molecular formula is C21H18O4. The molecule has 0 unspecified atom stereocenters. The molecule has 0 saturated heterocycles. The van der Waals surface area contributed by atoms with Crippen molar-refractivity contribution in [3.05, 3.63) is 83.9 Å². The number of rotatable bonds is 5. The molecule has 2 N–H and O–H groups in total. The van der Waals surface area contributed by atoms with E-state index >= 15 is 0 Å². The molecule has 0 radical (unpaired) electrons. The molecule has 0 saturated carbocycles. The lowest BCUT2D eigenvalue weighted by Gasteiger charge is -2.07. The molecule has 3 aromatic rings. The SMILES string of the molecule is O=C(OCCc1ccc(O)c(O)c1)c1ccc(-c2ccccc2)cc1. The van der Waals surface area contributed by atoms with Gasteiger partial charge in [0.25, 0.3) is 0 Å². The summed E-state index contributed by atoms with van der Waals surface area (Å²) in [6.45, 7) is 0.198. The Morgan fingerprint density at radius 2 is 1.48 bits per heavy atom. The van der Waals surface area contributed by atoms with Crippen molar-refractivity contribution in [1.82, 2.24) is 0 Å². The number of aromatic hydroxyl groups is 2. The van der Waals surface area contributed by atoms with Gasteiger partial charge in [-0.3, -0.25) is 0 Å². The number of benzene rings is 3. The van der Waals surface area contributed by atoms with Gasteiger partial charge in [0, 0.05) is 6.42 Å². The zero-order valence-electron chi connectivity index (χ0n) is 13.6. The summed E-state index contributed by atoms with van der Waals surface area (Å²) in [4.78, 5) is 12.1. The summed E-state index contributed by atoms with van der Waals surface area (Å²) in [5.74, 6) is -0.734. The molecule has 0 atom stereocenters. The van der Waals surface area contributed by atoms with Crippen LogP contribution in [0.1, 0.15) is 15.9 Å². The van der Waals surface area contributed by atoms with Crippen LogP contribution in [0, 0.1) is 0 Å². The minimum Gasteiger partial charge on any atom is -0.504 e. The minimum atomic E-state index is -0.386. The average Bonchev–Trinajstić information content (AvgIpc) is 2.65. The quantitative estimate of drug-likeness (QED) is 0.543. The van der Waals surface area contributed by atoms with Crippen LogP contribution in [-0.4, -0.2) is 22.8 Å². The highest BCUT2D eigenvalue weighted by Crippen LogP contribution is 2.25. The second kappa shape index (κ2) is 7.53. The molecule has 0 amide bonds. The highest BCUT2D eigenvalue weighted by atomic mass is 16.5. The molecule has 0 aliphatic heterocycles. The van der Waals surface area contributed by atoms with E-state index < -0.39 is 0 Å². The summed E-state index contributed by atoms with van der Waals surface area (Å²) in [5, 5.41) is 18.7. The zero-order chi connectivity index (χ0) is 17.6. The van der Waals surface area contributed by atoms with Crippen molar-refractivity contribution in [3.63, 3.8) is 0 Å². The fraction of sp³-hybridized carbons (Fsp3) is 0.0952. The van der Waals surface area contributed by atoms with Gasteiger partial charge in [-0.1, -0.05) is 48.5 Å². The van der Waals surface area contributed by atoms with Crippen molar-refractivity contribution < 1.29 is 19.7 Å². The molecule has 0 aromatic heterocycles. The van der Waals surface area contributed by atoms with E-state index in [4.69, 9.17) is 4.74 Å². The van der Waals surface area contributed by atoms with Gasteiger partial charge in [-0.25, -0.2) is 4.79 Å². The number of carbonyl (C=O) groups is 1. The zero-order valence-corrected chi connectivity index (χ0v) is 13.6. The molecule has 4 nitrogen and oxygen atoms in total. The predicted octanol–water partition coefficient (Wildman–Crippen LogP) is 4.16. The van der Waals surface area contributed by atoms with Gasteiger partial charge in [0.05, 0.1) is 12.2 Å². The fourth-order valence-corrected chi connectivity index (χ4v) is 2.50. The Morgan fingerprint density at radius 1 is 0.800 bits per heavy atom. The van der Waals surface area contributed by atoms with E-state index in [1.54, 1.807) is 18.2 Å². The monoisotopic (exact) mass is 334 g/mol. The molecule has 3 rings (SSSR count). The van der Waals surface area contributed by atoms with E-state index in [1.165, 1.54) is 12.1 Å². The van der Waals surface area contributed by atoms with Crippen molar-refractivity contribution in [2.75, 3.05) is 6.61 Å². The molecule has 0 aliphatic carbocycles. The maximum Gasteiger partial charge on any atom is 0.338 e. The lowest BCUT2D eigenvalue weighted by Crippen LogP contribution is -2.08. The highest BCUT2D eigenvalue weighted by Gasteiger charge is 2.08. The Bertz CT molecular complexity index is 855. The van der Waals surface area contributed by atoms with Crippen molar-refractivity contribution in [3.8, 4) is 22.6 Å². The van der Waals surface area contributed by atoms with Crippen LogP contribution in [0.3, 0.4) is 0 Å². The normalized spacial score (nSPS) is 10.4. The van der Waals surface area contributed by atoms with E-state index in [0.717, 1.165) is 16.7 Å². The van der Waals surface area contributed by atoms with E-state index in [0.29, 0.717) is 12.0 Å². The molecule has 0 bridgehead atoms. The number of hydrogen-bond acceptors (Lipinski definition) is 4. The summed E-state index contributed by atoms with van der Waals surface area (Å²) in [6.07, 6.45) is 0.460. The number of hydrogen-bond donors (Lipinski definition) is 2. The molecule has 25 heavy (non-hydrogen) atoms.